The number of rotatable bonds is 11. The number of ether oxygens (including phenoxy) is 3. The van der Waals surface area contributed by atoms with Gasteiger partial charge in [0.2, 0.25) is 5.88 Å². The van der Waals surface area contributed by atoms with Gasteiger partial charge in [-0.1, -0.05) is 6.07 Å². The first-order valence-corrected chi connectivity index (χ1v) is 14.4. The Morgan fingerprint density at radius 1 is 1.09 bits per heavy atom. The molecule has 1 saturated heterocycles. The van der Waals surface area contributed by atoms with Crippen LogP contribution in [0.4, 0.5) is 8.78 Å². The zero-order valence-corrected chi connectivity index (χ0v) is 24.9. The van der Waals surface area contributed by atoms with E-state index >= 15 is 8.78 Å². The second-order valence-electron chi connectivity index (χ2n) is 10.6. The second-order valence-corrected chi connectivity index (χ2v) is 10.6. The molecule has 1 aliphatic rings. The number of nitrogens with one attached hydrogen (secondary N) is 1. The summed E-state index contributed by atoms with van der Waals surface area (Å²) in [5, 5.41) is 12.0. The normalized spacial score (nSPS) is 14.1. The summed E-state index contributed by atoms with van der Waals surface area (Å²) >= 11 is 0. The summed E-state index contributed by atoms with van der Waals surface area (Å²) in [5.41, 5.74) is 2.16. The smallest absolute Gasteiger partial charge is 0.335 e. The molecule has 0 unspecified atom stereocenters. The van der Waals surface area contributed by atoms with E-state index in [0.29, 0.717) is 41.3 Å². The van der Waals surface area contributed by atoms with Gasteiger partial charge in [0.05, 0.1) is 42.0 Å². The van der Waals surface area contributed by atoms with Gasteiger partial charge in [-0.15, -0.1) is 0 Å². The monoisotopic (exact) mass is 629 g/mol. The van der Waals surface area contributed by atoms with Crippen LogP contribution in [0.3, 0.4) is 0 Å². The maximum absolute atomic E-state index is 15.6. The van der Waals surface area contributed by atoms with Crippen LogP contribution in [0.15, 0.2) is 60.8 Å². The molecular weight excluding hydrogens is 600 g/mol. The fourth-order valence-corrected chi connectivity index (χ4v) is 5.18. The molecule has 0 saturated carbocycles. The first-order valence-electron chi connectivity index (χ1n) is 14.4. The number of carboxylic acids is 1. The number of aromatic carboxylic acids is 1. The number of hydrogen-bond acceptors (Lipinski definition) is 8. The quantitative estimate of drug-likeness (QED) is 0.211. The van der Waals surface area contributed by atoms with Crippen molar-refractivity contribution in [1.29, 1.82) is 0 Å². The Labute approximate surface area is 261 Å². The van der Waals surface area contributed by atoms with E-state index in [9.17, 15) is 14.7 Å². The Morgan fingerprint density at radius 3 is 2.63 bits per heavy atom. The Bertz CT molecular complexity index is 1960. The van der Waals surface area contributed by atoms with Gasteiger partial charge in [-0.05, 0) is 48.4 Å². The van der Waals surface area contributed by atoms with E-state index in [4.69, 9.17) is 14.2 Å². The highest BCUT2D eigenvalue weighted by Gasteiger charge is 2.24. The summed E-state index contributed by atoms with van der Waals surface area (Å²) in [6.45, 7) is 1.04. The lowest BCUT2D eigenvalue weighted by Crippen LogP contribution is -2.31. The summed E-state index contributed by atoms with van der Waals surface area (Å²) in [6, 6.07) is 13.0. The lowest BCUT2D eigenvalue weighted by atomic mass is 10.0. The van der Waals surface area contributed by atoms with E-state index in [2.05, 4.69) is 20.3 Å². The maximum atomic E-state index is 15.6. The summed E-state index contributed by atoms with van der Waals surface area (Å²) < 4.78 is 49.7. The van der Waals surface area contributed by atoms with Gasteiger partial charge in [0.15, 0.2) is 0 Å². The molecule has 0 aliphatic carbocycles. The van der Waals surface area contributed by atoms with E-state index in [-0.39, 0.29) is 59.0 Å². The molecule has 1 fully saturated rings. The first-order chi connectivity index (χ1) is 22.2. The van der Waals surface area contributed by atoms with Crippen molar-refractivity contribution in [2.24, 2.45) is 0 Å². The fourth-order valence-electron chi connectivity index (χ4n) is 5.18. The summed E-state index contributed by atoms with van der Waals surface area (Å²) in [5.74, 6) is -1.76. The average Bonchev–Trinajstić information content (AvgIpc) is 3.38. The zero-order chi connectivity index (χ0) is 32.4. The standard InChI is InChI=1S/C33H29F2N5O6/c1-36-32(41)27-14-29(44-2)20(15-37-27)17-46-31-5-3-4-25(39-31)22-13-23(34)19(10-24(22)35)12-30-38-26-7-6-18(33(42)43)11-28(26)40(30)16-21-8-9-45-21/h3-7,10-11,13-15,21H,8-9,12,16-17H2,1-2H3,(H,36,41)(H,42,43)/t21-/m0/s1. The molecule has 236 valence electrons. The third kappa shape index (κ3) is 6.22. The molecule has 1 aliphatic heterocycles. The number of imidazole rings is 1. The highest BCUT2D eigenvalue weighted by Crippen LogP contribution is 2.29. The van der Waals surface area contributed by atoms with Gasteiger partial charge in [0, 0.05) is 49.5 Å². The molecule has 11 nitrogen and oxygen atoms in total. The molecule has 0 bridgehead atoms. The number of carbonyl (C=O) groups is 2. The van der Waals surface area contributed by atoms with Gasteiger partial charge >= 0.3 is 5.97 Å². The largest absolute Gasteiger partial charge is 0.496 e. The van der Waals surface area contributed by atoms with Crippen molar-refractivity contribution in [1.82, 2.24) is 24.8 Å². The molecule has 1 atom stereocenters. The van der Waals surface area contributed by atoms with Gasteiger partial charge in [-0.2, -0.15) is 0 Å². The van der Waals surface area contributed by atoms with Crippen molar-refractivity contribution in [2.45, 2.75) is 32.1 Å². The van der Waals surface area contributed by atoms with E-state index < -0.39 is 17.6 Å². The molecule has 46 heavy (non-hydrogen) atoms. The van der Waals surface area contributed by atoms with Crippen LogP contribution < -0.4 is 14.8 Å². The molecule has 0 spiro atoms. The first kappa shape index (κ1) is 30.6. The van der Waals surface area contributed by atoms with Crippen LogP contribution in [0.5, 0.6) is 11.6 Å². The number of pyridine rings is 2. The molecule has 6 rings (SSSR count). The predicted octanol–water partition coefficient (Wildman–Crippen LogP) is 4.80. The molecule has 1 amide bonds. The minimum Gasteiger partial charge on any atom is -0.496 e. The minimum absolute atomic E-state index is 0.00269. The molecule has 2 aromatic carbocycles. The Balaban J connectivity index is 1.24. The third-order valence-corrected chi connectivity index (χ3v) is 7.74. The molecule has 5 aromatic rings. The maximum Gasteiger partial charge on any atom is 0.335 e. The van der Waals surface area contributed by atoms with Crippen LogP contribution in [0.2, 0.25) is 0 Å². The van der Waals surface area contributed by atoms with Crippen molar-refractivity contribution >= 4 is 22.9 Å². The minimum atomic E-state index is -1.07. The number of benzene rings is 2. The summed E-state index contributed by atoms with van der Waals surface area (Å²) in [4.78, 5) is 36.6. The van der Waals surface area contributed by atoms with Crippen molar-refractivity contribution in [3.8, 4) is 22.9 Å². The number of hydrogen-bond donors (Lipinski definition) is 2. The van der Waals surface area contributed by atoms with Gasteiger partial charge in [0.25, 0.3) is 5.91 Å². The molecule has 2 N–H and O–H groups in total. The summed E-state index contributed by atoms with van der Waals surface area (Å²) in [7, 11) is 2.96. The van der Waals surface area contributed by atoms with Crippen molar-refractivity contribution < 1.29 is 37.7 Å². The highest BCUT2D eigenvalue weighted by atomic mass is 19.1. The number of methoxy groups -OCH3 is 1. The van der Waals surface area contributed by atoms with Crippen LogP contribution in [0.1, 0.15) is 44.2 Å². The van der Waals surface area contributed by atoms with Crippen molar-refractivity contribution in [2.75, 3.05) is 20.8 Å². The van der Waals surface area contributed by atoms with Gasteiger partial charge in [-0.25, -0.2) is 23.5 Å². The molecule has 0 radical (unpaired) electrons. The van der Waals surface area contributed by atoms with Crippen molar-refractivity contribution in [3.63, 3.8) is 0 Å². The third-order valence-electron chi connectivity index (χ3n) is 7.74. The SMILES string of the molecule is CNC(=O)c1cc(OC)c(COc2cccc(-c3cc(F)c(Cc4nc5ccc(C(=O)O)cc5n4C[C@@H]4CCO4)cc3F)n2)cn1. The molecule has 13 heteroatoms. The number of nitrogens with zero attached hydrogens (tertiary/aromatic N) is 4. The average molecular weight is 630 g/mol. The zero-order valence-electron chi connectivity index (χ0n) is 24.9. The van der Waals surface area contributed by atoms with E-state index in [1.165, 1.54) is 38.6 Å². The van der Waals surface area contributed by atoms with Crippen LogP contribution in [-0.2, 0) is 24.3 Å². The number of amides is 1. The lowest BCUT2D eigenvalue weighted by Gasteiger charge is -2.27. The van der Waals surface area contributed by atoms with Crippen LogP contribution in [0.25, 0.3) is 22.3 Å². The van der Waals surface area contributed by atoms with Crippen LogP contribution >= 0.6 is 0 Å². The Hall–Kier alpha value is -5.43. The van der Waals surface area contributed by atoms with E-state index in [0.717, 1.165) is 18.6 Å². The van der Waals surface area contributed by atoms with Crippen LogP contribution in [-0.4, -0.2) is 63.4 Å². The van der Waals surface area contributed by atoms with Crippen LogP contribution in [0, 0.1) is 11.6 Å². The van der Waals surface area contributed by atoms with E-state index in [1.54, 1.807) is 24.3 Å². The molecule has 4 heterocycles. The number of aromatic nitrogens is 4. The fraction of sp³-hybridized carbons (Fsp3) is 0.242. The lowest BCUT2D eigenvalue weighted by molar-refractivity contribution is -0.0589. The number of halogens is 2. The Morgan fingerprint density at radius 2 is 1.91 bits per heavy atom. The molecular formula is C33H29F2N5O6. The van der Waals surface area contributed by atoms with Gasteiger partial charge in [-0.3, -0.25) is 9.78 Å². The number of carboxylic acid groups (broad SMARTS) is 1. The van der Waals surface area contributed by atoms with Gasteiger partial charge < -0.3 is 29.2 Å². The summed E-state index contributed by atoms with van der Waals surface area (Å²) in [6.07, 6.45) is 2.19. The van der Waals surface area contributed by atoms with Crippen molar-refractivity contribution in [3.05, 3.63) is 101 Å². The highest BCUT2D eigenvalue weighted by molar-refractivity contribution is 5.93. The Kier molecular flexibility index (Phi) is 8.57. The van der Waals surface area contributed by atoms with E-state index in [1.807, 2.05) is 4.57 Å². The second kappa shape index (κ2) is 12.9. The molecule has 3 aromatic heterocycles. The predicted molar refractivity (Wildman–Crippen MR) is 162 cm³/mol. The number of carbonyl (C=O) groups excluding carboxylic acids is 1. The topological polar surface area (TPSA) is 138 Å². The number of fused-ring (bicyclic) bond motifs is 1. The van der Waals surface area contributed by atoms with Gasteiger partial charge in [0.1, 0.15) is 35.5 Å².